The quantitative estimate of drug-likeness (QED) is 0.867. The van der Waals surface area contributed by atoms with E-state index in [9.17, 15) is 9.00 Å². The van der Waals surface area contributed by atoms with Gasteiger partial charge >= 0.3 is 5.97 Å². The van der Waals surface area contributed by atoms with E-state index in [1.54, 1.807) is 12.1 Å². The number of ether oxygens (including phenoxy) is 1. The highest BCUT2D eigenvalue weighted by Crippen LogP contribution is 2.12. The molecule has 0 saturated carbocycles. The number of carboxylic acid groups (broad SMARTS) is 1. The first-order valence-corrected chi connectivity index (χ1v) is 7.67. The number of rotatable bonds is 5. The van der Waals surface area contributed by atoms with Crippen molar-refractivity contribution in [2.75, 3.05) is 37.7 Å². The van der Waals surface area contributed by atoms with E-state index >= 15 is 0 Å². The van der Waals surface area contributed by atoms with E-state index in [0.717, 1.165) is 31.1 Å². The molecule has 0 bridgehead atoms. The Kier molecular flexibility index (Phi) is 4.93. The van der Waals surface area contributed by atoms with Gasteiger partial charge in [0, 0.05) is 41.9 Å². The second-order valence-corrected chi connectivity index (χ2v) is 6.06. The highest BCUT2D eigenvalue weighted by molar-refractivity contribution is 7.85. The summed E-state index contributed by atoms with van der Waals surface area (Å²) in [5, 5.41) is 8.77. The zero-order valence-electron chi connectivity index (χ0n) is 10.6. The lowest BCUT2D eigenvalue weighted by molar-refractivity contribution is 0.0697. The molecule has 0 aliphatic carbocycles. The Morgan fingerprint density at radius 1 is 1.26 bits per heavy atom. The van der Waals surface area contributed by atoms with Crippen LogP contribution in [0.1, 0.15) is 10.4 Å². The number of hydrogen-bond acceptors (Lipinski definition) is 4. The van der Waals surface area contributed by atoms with Crippen molar-refractivity contribution >= 4 is 16.8 Å². The van der Waals surface area contributed by atoms with Crippen LogP contribution in [-0.4, -0.2) is 57.9 Å². The Morgan fingerprint density at radius 2 is 1.89 bits per heavy atom. The normalized spacial score (nSPS) is 17.3. The Labute approximate surface area is 114 Å². The summed E-state index contributed by atoms with van der Waals surface area (Å²) in [6.45, 7) is 3.07. The van der Waals surface area contributed by atoms with Gasteiger partial charge in [-0.1, -0.05) is 0 Å². The van der Waals surface area contributed by atoms with Crippen molar-refractivity contribution in [2.45, 2.75) is 0 Å². The van der Waals surface area contributed by atoms with Crippen LogP contribution >= 0.6 is 0 Å². The van der Waals surface area contributed by atoms with Crippen molar-refractivity contribution in [1.29, 1.82) is 0 Å². The summed E-state index contributed by atoms with van der Waals surface area (Å²) in [5.74, 6) is 1.22. The van der Waals surface area contributed by atoms with Crippen LogP contribution in [-0.2, 0) is 10.8 Å². The van der Waals surface area contributed by atoms with Gasteiger partial charge < -0.3 is 9.84 Å². The molecule has 0 radical (unpaired) electrons. The van der Waals surface area contributed by atoms with Gasteiger partial charge in [-0.15, -0.1) is 0 Å². The fraction of sp³-hybridized carbons (Fsp3) is 0.462. The van der Waals surface area contributed by atoms with Gasteiger partial charge in [-0.05, 0) is 24.3 Å². The van der Waals surface area contributed by atoms with Crippen LogP contribution in [0.25, 0.3) is 0 Å². The van der Waals surface area contributed by atoms with Crippen LogP contribution in [0.15, 0.2) is 24.3 Å². The van der Waals surface area contributed by atoms with Gasteiger partial charge in [0.2, 0.25) is 0 Å². The van der Waals surface area contributed by atoms with Crippen LogP contribution in [0, 0.1) is 0 Å². The highest BCUT2D eigenvalue weighted by atomic mass is 32.2. The molecule has 0 atom stereocenters. The summed E-state index contributed by atoms with van der Waals surface area (Å²) in [5.41, 5.74) is 0.255. The van der Waals surface area contributed by atoms with Crippen LogP contribution < -0.4 is 4.74 Å². The number of carbonyl (C=O) groups is 1. The zero-order valence-corrected chi connectivity index (χ0v) is 11.4. The van der Waals surface area contributed by atoms with Gasteiger partial charge in [-0.3, -0.25) is 9.11 Å². The molecule has 0 unspecified atom stereocenters. The van der Waals surface area contributed by atoms with Crippen LogP contribution in [0.5, 0.6) is 5.75 Å². The second-order valence-electron chi connectivity index (χ2n) is 4.37. The minimum absolute atomic E-state index is 0.255. The second kappa shape index (κ2) is 6.68. The average Bonchev–Trinajstić information content (AvgIpc) is 2.41. The Bertz CT molecular complexity index is 450. The molecule has 6 heteroatoms. The van der Waals surface area contributed by atoms with Crippen molar-refractivity contribution in [2.24, 2.45) is 0 Å². The molecular formula is C13H17NO4S. The summed E-state index contributed by atoms with van der Waals surface area (Å²) < 4.78 is 16.8. The third-order valence-electron chi connectivity index (χ3n) is 3.05. The summed E-state index contributed by atoms with van der Waals surface area (Å²) in [6, 6.07) is 6.38. The topological polar surface area (TPSA) is 66.8 Å². The van der Waals surface area contributed by atoms with E-state index < -0.39 is 16.8 Å². The number of hydrogen-bond donors (Lipinski definition) is 1. The molecule has 1 aromatic rings. The predicted molar refractivity (Wildman–Crippen MR) is 73.2 cm³/mol. The maximum absolute atomic E-state index is 11.2. The van der Waals surface area contributed by atoms with Crippen LogP contribution in [0.3, 0.4) is 0 Å². The van der Waals surface area contributed by atoms with Gasteiger partial charge in [0.15, 0.2) is 0 Å². The average molecular weight is 283 g/mol. The van der Waals surface area contributed by atoms with E-state index in [0.29, 0.717) is 12.4 Å². The molecule has 0 spiro atoms. The molecule has 0 amide bonds. The van der Waals surface area contributed by atoms with Gasteiger partial charge in [-0.2, -0.15) is 0 Å². The summed E-state index contributed by atoms with van der Waals surface area (Å²) in [4.78, 5) is 12.9. The lowest BCUT2D eigenvalue weighted by atomic mass is 10.2. The van der Waals surface area contributed by atoms with E-state index in [1.165, 1.54) is 12.1 Å². The number of aromatic carboxylic acids is 1. The summed E-state index contributed by atoms with van der Waals surface area (Å²) >= 11 is 0. The van der Waals surface area contributed by atoms with Crippen LogP contribution in [0.4, 0.5) is 0 Å². The maximum atomic E-state index is 11.2. The minimum atomic E-state index is -0.937. The van der Waals surface area contributed by atoms with Crippen molar-refractivity contribution in [3.63, 3.8) is 0 Å². The molecule has 1 N–H and O–H groups in total. The van der Waals surface area contributed by atoms with E-state index in [-0.39, 0.29) is 5.56 Å². The molecule has 104 valence electrons. The van der Waals surface area contributed by atoms with Crippen molar-refractivity contribution in [3.05, 3.63) is 29.8 Å². The predicted octanol–water partition coefficient (Wildman–Crippen LogP) is 0.828. The van der Waals surface area contributed by atoms with Crippen molar-refractivity contribution in [3.8, 4) is 5.75 Å². The molecule has 1 saturated heterocycles. The van der Waals surface area contributed by atoms with Gasteiger partial charge in [-0.25, -0.2) is 4.79 Å². The zero-order chi connectivity index (χ0) is 13.7. The first-order valence-electron chi connectivity index (χ1n) is 6.18. The third-order valence-corrected chi connectivity index (χ3v) is 4.32. The smallest absolute Gasteiger partial charge is 0.335 e. The van der Waals surface area contributed by atoms with E-state index in [4.69, 9.17) is 9.84 Å². The molecule has 1 aliphatic heterocycles. The Hall–Kier alpha value is -1.40. The van der Waals surface area contributed by atoms with Gasteiger partial charge in [0.05, 0.1) is 5.56 Å². The number of benzene rings is 1. The summed E-state index contributed by atoms with van der Waals surface area (Å²) in [6.07, 6.45) is 0. The molecule has 1 aliphatic rings. The molecular weight excluding hydrogens is 266 g/mol. The molecule has 1 fully saturated rings. The van der Waals surface area contributed by atoms with Crippen LogP contribution in [0.2, 0.25) is 0 Å². The molecule has 1 heterocycles. The number of carboxylic acids is 1. The molecule has 5 nitrogen and oxygen atoms in total. The van der Waals surface area contributed by atoms with Gasteiger partial charge in [0.1, 0.15) is 12.4 Å². The Balaban J connectivity index is 1.73. The van der Waals surface area contributed by atoms with E-state index in [1.807, 2.05) is 0 Å². The fourth-order valence-electron chi connectivity index (χ4n) is 1.89. The standard InChI is InChI=1S/C13H17NO4S/c15-13(16)11-1-3-12(4-2-11)18-8-5-14-6-9-19(17)10-7-14/h1-4H,5-10H2,(H,15,16). The lowest BCUT2D eigenvalue weighted by Gasteiger charge is -2.25. The lowest BCUT2D eigenvalue weighted by Crippen LogP contribution is -2.39. The SMILES string of the molecule is O=C(O)c1ccc(OCCN2CCS(=O)CC2)cc1. The molecule has 0 aromatic heterocycles. The van der Waals surface area contributed by atoms with E-state index in [2.05, 4.69) is 4.90 Å². The molecule has 1 aromatic carbocycles. The summed E-state index contributed by atoms with van der Waals surface area (Å²) in [7, 11) is -0.648. The van der Waals surface area contributed by atoms with Gasteiger partial charge in [0.25, 0.3) is 0 Å². The third kappa shape index (κ3) is 4.33. The van der Waals surface area contributed by atoms with Crippen molar-refractivity contribution < 1.29 is 18.8 Å². The Morgan fingerprint density at radius 3 is 2.47 bits per heavy atom. The molecule has 2 rings (SSSR count). The monoisotopic (exact) mass is 283 g/mol. The molecule has 19 heavy (non-hydrogen) atoms. The fourth-order valence-corrected chi connectivity index (χ4v) is 3.01. The maximum Gasteiger partial charge on any atom is 0.335 e. The first kappa shape index (κ1) is 14.0. The minimum Gasteiger partial charge on any atom is -0.492 e. The largest absolute Gasteiger partial charge is 0.492 e. The first-order chi connectivity index (χ1) is 9.15. The van der Waals surface area contributed by atoms with Crippen molar-refractivity contribution in [1.82, 2.24) is 4.90 Å². The number of nitrogens with zero attached hydrogens (tertiary/aromatic N) is 1. The highest BCUT2D eigenvalue weighted by Gasteiger charge is 2.14.